The van der Waals surface area contributed by atoms with E-state index in [1.807, 2.05) is 6.92 Å². The second-order valence-electron chi connectivity index (χ2n) is 4.82. The molecule has 0 aromatic rings. The molecular formula is C12H20F2N2O3. The zero-order valence-corrected chi connectivity index (χ0v) is 10.9. The molecule has 0 spiro atoms. The maximum Gasteiger partial charge on any atom is 0.308 e. The third-order valence-corrected chi connectivity index (χ3v) is 3.18. The Morgan fingerprint density at radius 2 is 2.11 bits per heavy atom. The van der Waals surface area contributed by atoms with Gasteiger partial charge < -0.3 is 15.3 Å². The molecule has 7 heteroatoms. The Morgan fingerprint density at radius 3 is 2.63 bits per heavy atom. The summed E-state index contributed by atoms with van der Waals surface area (Å²) >= 11 is 0. The van der Waals surface area contributed by atoms with E-state index in [0.29, 0.717) is 19.4 Å². The van der Waals surface area contributed by atoms with E-state index in [1.165, 1.54) is 4.90 Å². The van der Waals surface area contributed by atoms with E-state index < -0.39 is 24.9 Å². The highest BCUT2D eigenvalue weighted by molar-refractivity contribution is 5.78. The van der Waals surface area contributed by atoms with E-state index in [1.54, 1.807) is 0 Å². The molecule has 0 radical (unpaired) electrons. The van der Waals surface area contributed by atoms with Crippen molar-refractivity contribution in [2.24, 2.45) is 5.92 Å². The van der Waals surface area contributed by atoms with Gasteiger partial charge in [-0.05, 0) is 12.8 Å². The van der Waals surface area contributed by atoms with E-state index in [0.717, 1.165) is 0 Å². The summed E-state index contributed by atoms with van der Waals surface area (Å²) in [6, 6.07) is -0.385. The van der Waals surface area contributed by atoms with Crippen LogP contribution in [-0.4, -0.2) is 54.0 Å². The summed E-state index contributed by atoms with van der Waals surface area (Å²) in [7, 11) is 0. The van der Waals surface area contributed by atoms with Crippen LogP contribution < -0.4 is 5.32 Å². The number of rotatable bonds is 6. The van der Waals surface area contributed by atoms with Gasteiger partial charge in [0.05, 0.1) is 12.5 Å². The van der Waals surface area contributed by atoms with Crippen LogP contribution in [0.5, 0.6) is 0 Å². The van der Waals surface area contributed by atoms with Crippen LogP contribution in [-0.2, 0) is 9.59 Å². The third-order valence-electron chi connectivity index (χ3n) is 3.18. The van der Waals surface area contributed by atoms with Gasteiger partial charge in [0.2, 0.25) is 5.91 Å². The third kappa shape index (κ3) is 5.10. The number of amides is 1. The number of alkyl halides is 2. The van der Waals surface area contributed by atoms with Crippen molar-refractivity contribution in [3.05, 3.63) is 0 Å². The molecule has 1 heterocycles. The lowest BCUT2D eigenvalue weighted by Crippen LogP contribution is -2.53. The predicted octanol–water partition coefficient (Wildman–Crippen LogP) is 0.943. The number of halogens is 2. The lowest BCUT2D eigenvalue weighted by atomic mass is 9.94. The number of carboxylic acids is 1. The number of nitrogens with zero attached hydrogens (tertiary/aromatic N) is 1. The number of nitrogens with one attached hydrogen (secondary N) is 1. The van der Waals surface area contributed by atoms with E-state index in [-0.39, 0.29) is 24.9 Å². The van der Waals surface area contributed by atoms with Crippen molar-refractivity contribution in [3.8, 4) is 0 Å². The molecule has 0 aromatic carbocycles. The van der Waals surface area contributed by atoms with Gasteiger partial charge in [-0.3, -0.25) is 9.59 Å². The molecule has 2 N–H and O–H groups in total. The van der Waals surface area contributed by atoms with Gasteiger partial charge >= 0.3 is 5.97 Å². The highest BCUT2D eigenvalue weighted by Gasteiger charge is 2.33. The summed E-state index contributed by atoms with van der Waals surface area (Å²) in [4.78, 5) is 24.3. The van der Waals surface area contributed by atoms with Gasteiger partial charge in [-0.1, -0.05) is 6.92 Å². The van der Waals surface area contributed by atoms with Crippen LogP contribution in [0.15, 0.2) is 0 Å². The molecule has 1 fully saturated rings. The molecule has 0 bridgehead atoms. The number of hydrogen-bond donors (Lipinski definition) is 2. The molecule has 5 nitrogen and oxygen atoms in total. The minimum atomic E-state index is -2.48. The van der Waals surface area contributed by atoms with E-state index in [2.05, 4.69) is 5.32 Å². The molecule has 1 rings (SSSR count). The molecule has 0 aliphatic carbocycles. The molecule has 19 heavy (non-hydrogen) atoms. The summed E-state index contributed by atoms with van der Waals surface area (Å²) in [5.74, 6) is -1.79. The van der Waals surface area contributed by atoms with Crippen LogP contribution in [0.3, 0.4) is 0 Å². The van der Waals surface area contributed by atoms with Gasteiger partial charge in [-0.25, -0.2) is 8.78 Å². The SMILES string of the molecule is CCCC(=O)N1CC(NCC(F)F)CC(C(=O)O)C1. The van der Waals surface area contributed by atoms with Gasteiger partial charge in [-0.2, -0.15) is 0 Å². The first-order valence-corrected chi connectivity index (χ1v) is 6.46. The van der Waals surface area contributed by atoms with Crippen LogP contribution in [0.25, 0.3) is 0 Å². The molecule has 110 valence electrons. The van der Waals surface area contributed by atoms with Crippen molar-refractivity contribution >= 4 is 11.9 Å². The zero-order valence-electron chi connectivity index (χ0n) is 10.9. The van der Waals surface area contributed by atoms with Crippen molar-refractivity contribution in [2.45, 2.75) is 38.7 Å². The normalized spacial score (nSPS) is 23.7. The fourth-order valence-corrected chi connectivity index (χ4v) is 2.26. The Kier molecular flexibility index (Phi) is 6.14. The Morgan fingerprint density at radius 1 is 1.42 bits per heavy atom. The van der Waals surface area contributed by atoms with Gasteiger partial charge in [0, 0.05) is 25.6 Å². The molecular weight excluding hydrogens is 258 g/mol. The second-order valence-corrected chi connectivity index (χ2v) is 4.82. The summed E-state index contributed by atoms with van der Waals surface area (Å²) in [6.07, 6.45) is -1.17. The summed E-state index contributed by atoms with van der Waals surface area (Å²) in [6.45, 7) is 1.85. The summed E-state index contributed by atoms with van der Waals surface area (Å²) in [5, 5.41) is 11.7. The lowest BCUT2D eigenvalue weighted by Gasteiger charge is -2.36. The van der Waals surface area contributed by atoms with Gasteiger partial charge in [0.25, 0.3) is 6.43 Å². The van der Waals surface area contributed by atoms with Crippen molar-refractivity contribution in [1.82, 2.24) is 10.2 Å². The second kappa shape index (κ2) is 7.37. The first-order chi connectivity index (χ1) is 8.93. The number of likely N-dealkylation sites (tertiary alicyclic amines) is 1. The molecule has 2 atom stereocenters. The van der Waals surface area contributed by atoms with Crippen molar-refractivity contribution < 1.29 is 23.5 Å². The standard InChI is InChI=1S/C12H20F2N2O3/c1-2-3-11(17)16-6-8(12(18)19)4-9(7-16)15-5-10(13)14/h8-10,15H,2-7H2,1H3,(H,18,19). The average molecular weight is 278 g/mol. The smallest absolute Gasteiger partial charge is 0.308 e. The number of carboxylic acid groups (broad SMARTS) is 1. The van der Waals surface area contributed by atoms with E-state index in [4.69, 9.17) is 5.11 Å². The van der Waals surface area contributed by atoms with E-state index in [9.17, 15) is 18.4 Å². The first kappa shape index (κ1) is 15.8. The van der Waals surface area contributed by atoms with E-state index >= 15 is 0 Å². The Bertz CT molecular complexity index is 326. The van der Waals surface area contributed by atoms with Crippen LogP contribution in [0, 0.1) is 5.92 Å². The van der Waals surface area contributed by atoms with Crippen molar-refractivity contribution in [3.63, 3.8) is 0 Å². The zero-order chi connectivity index (χ0) is 14.4. The molecule has 1 aliphatic rings. The molecule has 1 aliphatic heterocycles. The molecule has 2 unspecified atom stereocenters. The highest BCUT2D eigenvalue weighted by Crippen LogP contribution is 2.18. The molecule has 1 amide bonds. The fraction of sp³-hybridized carbons (Fsp3) is 0.833. The largest absolute Gasteiger partial charge is 0.481 e. The van der Waals surface area contributed by atoms with Crippen molar-refractivity contribution in [1.29, 1.82) is 0 Å². The van der Waals surface area contributed by atoms with Crippen LogP contribution in [0.2, 0.25) is 0 Å². The Balaban J connectivity index is 2.62. The quantitative estimate of drug-likeness (QED) is 0.759. The first-order valence-electron chi connectivity index (χ1n) is 6.46. The van der Waals surface area contributed by atoms with Crippen LogP contribution >= 0.6 is 0 Å². The maximum absolute atomic E-state index is 12.2. The number of piperidine rings is 1. The maximum atomic E-state index is 12.2. The minimum Gasteiger partial charge on any atom is -0.481 e. The molecule has 1 saturated heterocycles. The fourth-order valence-electron chi connectivity index (χ4n) is 2.26. The summed E-state index contributed by atoms with van der Waals surface area (Å²) < 4.78 is 24.3. The Labute approximate surface area is 111 Å². The van der Waals surface area contributed by atoms with Crippen LogP contribution in [0.4, 0.5) is 8.78 Å². The molecule has 0 saturated carbocycles. The monoisotopic (exact) mass is 278 g/mol. The van der Waals surface area contributed by atoms with Gasteiger partial charge in [-0.15, -0.1) is 0 Å². The lowest BCUT2D eigenvalue weighted by molar-refractivity contribution is -0.146. The Hall–Kier alpha value is -1.24. The molecule has 0 aromatic heterocycles. The minimum absolute atomic E-state index is 0.114. The van der Waals surface area contributed by atoms with Crippen molar-refractivity contribution in [2.75, 3.05) is 19.6 Å². The average Bonchev–Trinajstić information content (AvgIpc) is 2.36. The number of carbonyl (C=O) groups excluding carboxylic acids is 1. The van der Waals surface area contributed by atoms with Gasteiger partial charge in [0.15, 0.2) is 0 Å². The summed E-state index contributed by atoms with van der Waals surface area (Å²) in [5.41, 5.74) is 0. The highest BCUT2D eigenvalue weighted by atomic mass is 19.3. The topological polar surface area (TPSA) is 69.6 Å². The van der Waals surface area contributed by atoms with Gasteiger partial charge in [0.1, 0.15) is 0 Å². The number of hydrogen-bond acceptors (Lipinski definition) is 3. The predicted molar refractivity (Wildman–Crippen MR) is 65.0 cm³/mol. The van der Waals surface area contributed by atoms with Crippen LogP contribution in [0.1, 0.15) is 26.2 Å². The number of aliphatic carboxylic acids is 1. The number of carbonyl (C=O) groups is 2.